The van der Waals surface area contributed by atoms with Crippen LogP contribution in [0, 0.1) is 12.7 Å². The Hall–Kier alpha value is -3.16. The molecule has 0 aliphatic heterocycles. The molecule has 0 saturated carbocycles. The summed E-state index contributed by atoms with van der Waals surface area (Å²) >= 11 is 11.4. The first kappa shape index (κ1) is 21.5. The smallest absolute Gasteiger partial charge is 0.258 e. The minimum atomic E-state index is -0.571. The van der Waals surface area contributed by atoms with Crippen molar-refractivity contribution in [2.24, 2.45) is 0 Å². The Kier molecular flexibility index (Phi) is 6.87. The van der Waals surface area contributed by atoms with Crippen LogP contribution in [0.1, 0.15) is 15.9 Å². The number of methoxy groups -OCH3 is 1. The Balaban J connectivity index is 1.68. The predicted molar refractivity (Wildman–Crippen MR) is 123 cm³/mol. The first-order valence-corrected chi connectivity index (χ1v) is 9.74. The van der Waals surface area contributed by atoms with Crippen LogP contribution in [0.3, 0.4) is 0 Å². The van der Waals surface area contributed by atoms with Gasteiger partial charge < -0.3 is 20.7 Å². The fourth-order valence-corrected chi connectivity index (χ4v) is 3.18. The minimum Gasteiger partial charge on any atom is -0.495 e. The minimum absolute atomic E-state index is 0.0139. The lowest BCUT2D eigenvalue weighted by Crippen LogP contribution is -2.20. The summed E-state index contributed by atoms with van der Waals surface area (Å²) in [7, 11) is 1.56. The van der Waals surface area contributed by atoms with E-state index in [4.69, 9.17) is 28.6 Å². The Morgan fingerprint density at radius 1 is 1.00 bits per heavy atom. The average molecular weight is 444 g/mol. The Labute approximate surface area is 184 Å². The number of carbonyl (C=O) groups is 1. The van der Waals surface area contributed by atoms with E-state index < -0.39 is 11.7 Å². The van der Waals surface area contributed by atoms with E-state index in [9.17, 15) is 9.18 Å². The van der Waals surface area contributed by atoms with Gasteiger partial charge in [-0.3, -0.25) is 4.79 Å². The van der Waals surface area contributed by atoms with Crippen molar-refractivity contribution in [3.63, 3.8) is 0 Å². The second-order valence-corrected chi connectivity index (χ2v) is 7.23. The molecule has 0 aromatic heterocycles. The molecule has 0 bridgehead atoms. The van der Waals surface area contributed by atoms with Gasteiger partial charge in [-0.25, -0.2) is 4.39 Å². The molecule has 8 heteroatoms. The number of aryl methyl sites for hydroxylation is 1. The maximum absolute atomic E-state index is 13.8. The molecular weight excluding hydrogens is 425 g/mol. The highest BCUT2D eigenvalue weighted by molar-refractivity contribution is 7.80. The number of halogens is 2. The third-order valence-corrected chi connectivity index (χ3v) is 4.70. The number of rotatable bonds is 5. The molecular formula is C22H19ClFN3O2S. The molecule has 3 aromatic carbocycles. The topological polar surface area (TPSA) is 62.4 Å². The fourth-order valence-electron chi connectivity index (χ4n) is 2.78. The highest BCUT2D eigenvalue weighted by Crippen LogP contribution is 2.28. The van der Waals surface area contributed by atoms with Crippen LogP contribution in [0.4, 0.5) is 21.5 Å². The molecule has 0 heterocycles. The van der Waals surface area contributed by atoms with E-state index in [0.717, 1.165) is 11.3 Å². The molecule has 0 saturated heterocycles. The van der Waals surface area contributed by atoms with Crippen molar-refractivity contribution in [1.29, 1.82) is 0 Å². The zero-order valence-electron chi connectivity index (χ0n) is 16.3. The van der Waals surface area contributed by atoms with E-state index >= 15 is 0 Å². The van der Waals surface area contributed by atoms with E-state index in [2.05, 4.69) is 16.0 Å². The van der Waals surface area contributed by atoms with Crippen molar-refractivity contribution in [3.8, 4) is 5.75 Å². The van der Waals surface area contributed by atoms with Gasteiger partial charge in [-0.05, 0) is 73.2 Å². The summed E-state index contributed by atoms with van der Waals surface area (Å²) in [5.74, 6) is -0.480. The summed E-state index contributed by atoms with van der Waals surface area (Å²) in [6, 6.07) is 16.3. The van der Waals surface area contributed by atoms with Crippen molar-refractivity contribution >= 4 is 51.9 Å². The van der Waals surface area contributed by atoms with Crippen LogP contribution in [0.25, 0.3) is 0 Å². The lowest BCUT2D eigenvalue weighted by molar-refractivity contribution is 0.102. The van der Waals surface area contributed by atoms with Gasteiger partial charge in [0.25, 0.3) is 5.91 Å². The number of thiocarbonyl (C=S) groups is 1. The van der Waals surface area contributed by atoms with Gasteiger partial charge in [-0.2, -0.15) is 0 Å². The number of nitrogens with one attached hydrogen (secondary N) is 3. The Morgan fingerprint density at radius 3 is 2.47 bits per heavy atom. The number of hydrogen-bond acceptors (Lipinski definition) is 3. The van der Waals surface area contributed by atoms with E-state index in [0.29, 0.717) is 27.3 Å². The van der Waals surface area contributed by atoms with Crippen LogP contribution in [0.15, 0.2) is 60.7 Å². The van der Waals surface area contributed by atoms with E-state index in [1.807, 2.05) is 13.0 Å². The summed E-state index contributed by atoms with van der Waals surface area (Å²) in [6.45, 7) is 1.83. The molecule has 0 aliphatic carbocycles. The summed E-state index contributed by atoms with van der Waals surface area (Å²) in [5.41, 5.74) is 2.69. The number of ether oxygens (including phenoxy) is 1. The second-order valence-electron chi connectivity index (χ2n) is 6.39. The SMILES string of the molecule is COc1ccc(Cl)cc1NC(=S)Nc1ccc(NC(=O)c2ccccc2F)c(C)c1. The maximum Gasteiger partial charge on any atom is 0.258 e. The first-order chi connectivity index (χ1) is 14.4. The average Bonchev–Trinajstić information content (AvgIpc) is 2.70. The van der Waals surface area contributed by atoms with E-state index in [1.54, 1.807) is 43.5 Å². The number of hydrogen-bond donors (Lipinski definition) is 3. The molecule has 5 nitrogen and oxygen atoms in total. The lowest BCUT2D eigenvalue weighted by atomic mass is 10.1. The Morgan fingerprint density at radius 2 is 1.77 bits per heavy atom. The number of anilines is 3. The molecule has 1 amide bonds. The van der Waals surface area contributed by atoms with E-state index in [1.165, 1.54) is 18.2 Å². The summed E-state index contributed by atoms with van der Waals surface area (Å²) in [5, 5.41) is 9.73. The van der Waals surface area contributed by atoms with Gasteiger partial charge in [0.1, 0.15) is 11.6 Å². The molecule has 154 valence electrons. The molecule has 3 aromatic rings. The van der Waals surface area contributed by atoms with Crippen molar-refractivity contribution in [1.82, 2.24) is 0 Å². The molecule has 0 aliphatic rings. The van der Waals surface area contributed by atoms with Crippen LogP contribution < -0.4 is 20.7 Å². The quantitative estimate of drug-likeness (QED) is 0.431. The highest BCUT2D eigenvalue weighted by atomic mass is 35.5. The van der Waals surface area contributed by atoms with Crippen LogP contribution in [-0.2, 0) is 0 Å². The van der Waals surface area contributed by atoms with Gasteiger partial charge in [0.05, 0.1) is 18.4 Å². The van der Waals surface area contributed by atoms with Gasteiger partial charge in [0.15, 0.2) is 5.11 Å². The first-order valence-electron chi connectivity index (χ1n) is 8.95. The molecule has 0 atom stereocenters. The van der Waals surface area contributed by atoms with E-state index in [-0.39, 0.29) is 5.56 Å². The fraction of sp³-hybridized carbons (Fsp3) is 0.0909. The number of carbonyl (C=O) groups excluding carboxylic acids is 1. The molecule has 0 spiro atoms. The van der Waals surface area contributed by atoms with Crippen LogP contribution in [0.2, 0.25) is 5.02 Å². The summed E-state index contributed by atoms with van der Waals surface area (Å²) in [6.07, 6.45) is 0. The molecule has 3 rings (SSSR count). The standard InChI is InChI=1S/C22H19ClFN3O2S/c1-13-11-15(25-22(30)27-19-12-14(23)7-10-20(19)29-2)8-9-18(13)26-21(28)16-5-3-4-6-17(16)24/h3-12H,1-2H3,(H,26,28)(H2,25,27,30). The Bertz CT molecular complexity index is 1110. The predicted octanol–water partition coefficient (Wildman–Crippen LogP) is 5.86. The number of benzene rings is 3. The summed E-state index contributed by atoms with van der Waals surface area (Å²) < 4.78 is 19.1. The van der Waals surface area contributed by atoms with Crippen LogP contribution in [0.5, 0.6) is 5.75 Å². The third-order valence-electron chi connectivity index (χ3n) is 4.26. The van der Waals surface area contributed by atoms with Gasteiger partial charge in [0.2, 0.25) is 0 Å². The van der Waals surface area contributed by atoms with Crippen molar-refractivity contribution in [3.05, 3.63) is 82.6 Å². The van der Waals surface area contributed by atoms with Crippen LogP contribution >= 0.6 is 23.8 Å². The van der Waals surface area contributed by atoms with Crippen molar-refractivity contribution in [2.75, 3.05) is 23.1 Å². The van der Waals surface area contributed by atoms with Crippen LogP contribution in [-0.4, -0.2) is 18.1 Å². The number of amides is 1. The molecule has 0 fully saturated rings. The largest absolute Gasteiger partial charge is 0.495 e. The van der Waals surface area contributed by atoms with Gasteiger partial charge >= 0.3 is 0 Å². The van der Waals surface area contributed by atoms with Gasteiger partial charge in [0, 0.05) is 16.4 Å². The molecule has 3 N–H and O–H groups in total. The molecule has 0 radical (unpaired) electrons. The molecule has 0 unspecified atom stereocenters. The highest BCUT2D eigenvalue weighted by Gasteiger charge is 2.13. The lowest BCUT2D eigenvalue weighted by Gasteiger charge is -2.15. The monoisotopic (exact) mass is 443 g/mol. The zero-order chi connectivity index (χ0) is 21.7. The zero-order valence-corrected chi connectivity index (χ0v) is 17.8. The summed E-state index contributed by atoms with van der Waals surface area (Å²) in [4.78, 5) is 12.3. The van der Waals surface area contributed by atoms with Crippen molar-refractivity contribution < 1.29 is 13.9 Å². The van der Waals surface area contributed by atoms with Gasteiger partial charge in [-0.1, -0.05) is 23.7 Å². The third kappa shape index (κ3) is 5.25. The van der Waals surface area contributed by atoms with Gasteiger partial charge in [-0.15, -0.1) is 0 Å². The maximum atomic E-state index is 13.8. The second kappa shape index (κ2) is 9.56. The van der Waals surface area contributed by atoms with Crippen molar-refractivity contribution in [2.45, 2.75) is 6.92 Å². The molecule has 30 heavy (non-hydrogen) atoms. The normalized spacial score (nSPS) is 10.3.